The molecule has 2 aromatic rings. The molecular weight excluding hydrogens is 240 g/mol. The lowest BCUT2D eigenvalue weighted by Gasteiger charge is -2.26. The molecule has 0 fully saturated rings. The highest BCUT2D eigenvalue weighted by molar-refractivity contribution is 5.37. The van der Waals surface area contributed by atoms with Crippen LogP contribution in [0.1, 0.15) is 30.3 Å². The third-order valence-corrected chi connectivity index (χ3v) is 3.40. The molecule has 0 spiro atoms. The Morgan fingerprint density at radius 2 is 2.32 bits per heavy atom. The van der Waals surface area contributed by atoms with Crippen LogP contribution in [0.4, 0.5) is 0 Å². The maximum Gasteiger partial charge on any atom is 0.137 e. The van der Waals surface area contributed by atoms with Crippen molar-refractivity contribution in [1.82, 2.24) is 20.5 Å². The standard InChI is InChI=1S/C14H18N4O/c1-2-5-13-11(4-1)12(7-9-19-13)15-8-3-6-14-16-10-17-18-14/h1-2,4-5,10,12,15H,3,6-9H2,(H,16,17,18). The van der Waals surface area contributed by atoms with Gasteiger partial charge in [-0.05, 0) is 19.0 Å². The Hall–Kier alpha value is -1.88. The monoisotopic (exact) mass is 258 g/mol. The van der Waals surface area contributed by atoms with Gasteiger partial charge >= 0.3 is 0 Å². The molecular formula is C14H18N4O. The maximum absolute atomic E-state index is 5.66. The number of fused-ring (bicyclic) bond motifs is 1. The van der Waals surface area contributed by atoms with Crippen LogP contribution in [0.2, 0.25) is 0 Å². The predicted octanol–water partition coefficient (Wildman–Crippen LogP) is 1.85. The van der Waals surface area contributed by atoms with Crippen molar-refractivity contribution < 1.29 is 4.74 Å². The largest absolute Gasteiger partial charge is 0.493 e. The van der Waals surface area contributed by atoms with Gasteiger partial charge in [-0.25, -0.2) is 4.98 Å². The first-order valence-electron chi connectivity index (χ1n) is 6.73. The SMILES string of the molecule is c1ccc2c(c1)OCCC2NCCCc1ncn[nH]1. The molecule has 5 heteroatoms. The second kappa shape index (κ2) is 5.84. The van der Waals surface area contributed by atoms with Crippen LogP contribution >= 0.6 is 0 Å². The number of aryl methyl sites for hydroxylation is 1. The molecule has 3 rings (SSSR count). The van der Waals surface area contributed by atoms with E-state index in [-0.39, 0.29) is 0 Å². The number of nitrogens with one attached hydrogen (secondary N) is 2. The van der Waals surface area contributed by atoms with E-state index in [1.54, 1.807) is 6.33 Å². The number of aromatic amines is 1. The van der Waals surface area contributed by atoms with E-state index in [9.17, 15) is 0 Å². The summed E-state index contributed by atoms with van der Waals surface area (Å²) >= 11 is 0. The topological polar surface area (TPSA) is 62.8 Å². The fraction of sp³-hybridized carbons (Fsp3) is 0.429. The van der Waals surface area contributed by atoms with Crippen molar-refractivity contribution >= 4 is 0 Å². The molecule has 2 N–H and O–H groups in total. The predicted molar refractivity (Wildman–Crippen MR) is 72.0 cm³/mol. The first-order chi connectivity index (χ1) is 9.43. The summed E-state index contributed by atoms with van der Waals surface area (Å²) in [5, 5.41) is 10.3. The Bertz CT molecular complexity index is 512. The summed E-state index contributed by atoms with van der Waals surface area (Å²) < 4.78 is 5.66. The molecule has 1 atom stereocenters. The van der Waals surface area contributed by atoms with E-state index in [1.807, 2.05) is 12.1 Å². The van der Waals surface area contributed by atoms with Crippen LogP contribution in [0.15, 0.2) is 30.6 Å². The van der Waals surface area contributed by atoms with Gasteiger partial charge in [0.1, 0.15) is 17.9 Å². The van der Waals surface area contributed by atoms with E-state index in [4.69, 9.17) is 4.74 Å². The van der Waals surface area contributed by atoms with E-state index in [0.717, 1.165) is 44.0 Å². The van der Waals surface area contributed by atoms with E-state index in [2.05, 4.69) is 32.6 Å². The number of hydrogen-bond donors (Lipinski definition) is 2. The fourth-order valence-electron chi connectivity index (χ4n) is 2.44. The van der Waals surface area contributed by atoms with Crippen molar-refractivity contribution in [2.24, 2.45) is 0 Å². The van der Waals surface area contributed by atoms with Crippen LogP contribution in [-0.4, -0.2) is 28.3 Å². The second-order valence-corrected chi connectivity index (χ2v) is 4.72. The number of benzene rings is 1. The van der Waals surface area contributed by atoms with Crippen LogP contribution in [0.3, 0.4) is 0 Å². The minimum absolute atomic E-state index is 0.402. The zero-order valence-electron chi connectivity index (χ0n) is 10.8. The molecule has 0 bridgehead atoms. The smallest absolute Gasteiger partial charge is 0.137 e. The molecule has 100 valence electrons. The zero-order valence-corrected chi connectivity index (χ0v) is 10.8. The lowest BCUT2D eigenvalue weighted by molar-refractivity contribution is 0.252. The van der Waals surface area contributed by atoms with Gasteiger partial charge in [0.15, 0.2) is 0 Å². The molecule has 1 aromatic heterocycles. The first-order valence-corrected chi connectivity index (χ1v) is 6.73. The van der Waals surface area contributed by atoms with Crippen LogP contribution in [0.25, 0.3) is 0 Å². The summed E-state index contributed by atoms with van der Waals surface area (Å²) in [6.07, 6.45) is 4.56. The lowest BCUT2D eigenvalue weighted by Crippen LogP contribution is -2.28. The van der Waals surface area contributed by atoms with Gasteiger partial charge in [-0.2, -0.15) is 5.10 Å². The molecule has 0 radical (unpaired) electrons. The highest BCUT2D eigenvalue weighted by atomic mass is 16.5. The number of ether oxygens (including phenoxy) is 1. The number of H-pyrrole nitrogens is 1. The van der Waals surface area contributed by atoms with Crippen molar-refractivity contribution in [3.63, 3.8) is 0 Å². The molecule has 1 aliphatic heterocycles. The Balaban J connectivity index is 1.51. The van der Waals surface area contributed by atoms with Crippen LogP contribution < -0.4 is 10.1 Å². The van der Waals surface area contributed by atoms with E-state index < -0.39 is 0 Å². The van der Waals surface area contributed by atoms with Crippen molar-refractivity contribution in [2.75, 3.05) is 13.2 Å². The quantitative estimate of drug-likeness (QED) is 0.803. The normalized spacial score (nSPS) is 17.8. The van der Waals surface area contributed by atoms with Gasteiger partial charge in [0.05, 0.1) is 6.61 Å². The molecule has 19 heavy (non-hydrogen) atoms. The highest BCUT2D eigenvalue weighted by Gasteiger charge is 2.19. The molecule has 0 saturated carbocycles. The third-order valence-electron chi connectivity index (χ3n) is 3.40. The number of rotatable bonds is 5. The molecule has 1 aromatic carbocycles. The molecule has 0 aliphatic carbocycles. The summed E-state index contributed by atoms with van der Waals surface area (Å²) in [4.78, 5) is 4.12. The van der Waals surface area contributed by atoms with Gasteiger partial charge in [-0.15, -0.1) is 0 Å². The van der Waals surface area contributed by atoms with Gasteiger partial charge in [-0.1, -0.05) is 18.2 Å². The fourth-order valence-corrected chi connectivity index (χ4v) is 2.44. The molecule has 5 nitrogen and oxygen atoms in total. The maximum atomic E-state index is 5.66. The van der Waals surface area contributed by atoms with E-state index in [0.29, 0.717) is 6.04 Å². The molecule has 2 heterocycles. The average molecular weight is 258 g/mol. The first kappa shape index (κ1) is 12.2. The summed E-state index contributed by atoms with van der Waals surface area (Å²) in [6, 6.07) is 8.67. The van der Waals surface area contributed by atoms with Crippen molar-refractivity contribution in [3.05, 3.63) is 42.0 Å². The summed E-state index contributed by atoms with van der Waals surface area (Å²) in [5.41, 5.74) is 1.27. The van der Waals surface area contributed by atoms with Crippen LogP contribution in [0.5, 0.6) is 5.75 Å². The second-order valence-electron chi connectivity index (χ2n) is 4.72. The number of para-hydroxylation sites is 1. The van der Waals surface area contributed by atoms with E-state index >= 15 is 0 Å². The van der Waals surface area contributed by atoms with Crippen molar-refractivity contribution in [1.29, 1.82) is 0 Å². The molecule has 0 amide bonds. The molecule has 1 aliphatic rings. The van der Waals surface area contributed by atoms with Crippen molar-refractivity contribution in [3.8, 4) is 5.75 Å². The van der Waals surface area contributed by atoms with Gasteiger partial charge in [0, 0.05) is 24.4 Å². The van der Waals surface area contributed by atoms with Gasteiger partial charge in [0.2, 0.25) is 0 Å². The number of aromatic nitrogens is 3. The Kier molecular flexibility index (Phi) is 3.74. The van der Waals surface area contributed by atoms with Crippen molar-refractivity contribution in [2.45, 2.75) is 25.3 Å². The van der Waals surface area contributed by atoms with Crippen LogP contribution in [-0.2, 0) is 6.42 Å². The van der Waals surface area contributed by atoms with Crippen LogP contribution in [0, 0.1) is 0 Å². The van der Waals surface area contributed by atoms with E-state index in [1.165, 1.54) is 5.56 Å². The highest BCUT2D eigenvalue weighted by Crippen LogP contribution is 2.31. The Labute approximate surface area is 112 Å². The van der Waals surface area contributed by atoms with Gasteiger partial charge in [0.25, 0.3) is 0 Å². The Morgan fingerprint density at radius 3 is 3.21 bits per heavy atom. The minimum Gasteiger partial charge on any atom is -0.493 e. The van der Waals surface area contributed by atoms with Gasteiger partial charge in [-0.3, -0.25) is 5.10 Å². The summed E-state index contributed by atoms with van der Waals surface area (Å²) in [7, 11) is 0. The number of nitrogens with zero attached hydrogens (tertiary/aromatic N) is 2. The Morgan fingerprint density at radius 1 is 1.37 bits per heavy atom. The van der Waals surface area contributed by atoms with Gasteiger partial charge < -0.3 is 10.1 Å². The lowest BCUT2D eigenvalue weighted by atomic mass is 10.0. The summed E-state index contributed by atoms with van der Waals surface area (Å²) in [6.45, 7) is 1.76. The molecule has 1 unspecified atom stereocenters. The zero-order chi connectivity index (χ0) is 12.9. The molecule has 0 saturated heterocycles. The average Bonchev–Trinajstić information content (AvgIpc) is 2.97. The third kappa shape index (κ3) is 2.93. The number of hydrogen-bond acceptors (Lipinski definition) is 4. The summed E-state index contributed by atoms with van der Waals surface area (Å²) in [5.74, 6) is 1.97. The minimum atomic E-state index is 0.402.